The maximum Gasteiger partial charge on any atom is 0.250 e. The molecule has 1 N–H and O–H groups in total. The van der Waals surface area contributed by atoms with E-state index in [0.717, 1.165) is 0 Å². The van der Waals surface area contributed by atoms with Crippen molar-refractivity contribution in [2.75, 3.05) is 5.32 Å². The van der Waals surface area contributed by atoms with Gasteiger partial charge in [-0.1, -0.05) is 29.8 Å². The molecule has 2 nitrogen and oxygen atoms in total. The molecule has 0 fully saturated rings. The summed E-state index contributed by atoms with van der Waals surface area (Å²) in [6.07, 6.45) is 0. The number of halogens is 2. The van der Waals surface area contributed by atoms with Gasteiger partial charge in [0.2, 0.25) is 0 Å². The van der Waals surface area contributed by atoms with E-state index in [1.165, 1.54) is 0 Å². The first-order valence-corrected chi connectivity index (χ1v) is 4.67. The quantitative estimate of drug-likeness (QED) is 0.774. The first-order valence-electron chi connectivity index (χ1n) is 3.92. The van der Waals surface area contributed by atoms with Crippen LogP contribution in [0.3, 0.4) is 0 Å². The highest BCUT2D eigenvalue weighted by atomic mass is 35.5. The van der Waals surface area contributed by atoms with Crippen molar-refractivity contribution in [3.63, 3.8) is 0 Å². The van der Waals surface area contributed by atoms with Crippen LogP contribution in [-0.4, -0.2) is 5.91 Å². The minimum absolute atomic E-state index is 0.247. The molecule has 0 aliphatic rings. The SMILES string of the molecule is C=C(C)C(=O)Nc1cc(Cl)cc(Cl)c1. The maximum atomic E-state index is 11.2. The first-order chi connectivity index (χ1) is 6.49. The second-order valence-electron chi connectivity index (χ2n) is 2.89. The lowest BCUT2D eigenvalue weighted by atomic mass is 10.3. The summed E-state index contributed by atoms with van der Waals surface area (Å²) in [7, 11) is 0. The molecule has 0 saturated carbocycles. The van der Waals surface area contributed by atoms with Gasteiger partial charge in [-0.05, 0) is 25.1 Å². The third-order valence-electron chi connectivity index (χ3n) is 1.51. The number of carbonyl (C=O) groups excluding carboxylic acids is 1. The standard InChI is InChI=1S/C10H9Cl2NO/c1-6(2)10(14)13-9-4-7(11)3-8(12)5-9/h3-5H,1H2,2H3,(H,13,14). The van der Waals surface area contributed by atoms with Crippen LogP contribution >= 0.6 is 23.2 Å². The molecule has 1 rings (SSSR count). The molecule has 0 unspecified atom stereocenters. The Morgan fingerprint density at radius 2 is 1.79 bits per heavy atom. The Balaban J connectivity index is 2.87. The molecule has 74 valence electrons. The van der Waals surface area contributed by atoms with Crippen molar-refractivity contribution >= 4 is 34.8 Å². The monoisotopic (exact) mass is 229 g/mol. The second-order valence-corrected chi connectivity index (χ2v) is 3.77. The van der Waals surface area contributed by atoms with E-state index in [9.17, 15) is 4.79 Å². The molecule has 0 bridgehead atoms. The van der Waals surface area contributed by atoms with Gasteiger partial charge in [-0.3, -0.25) is 4.79 Å². The predicted octanol–water partition coefficient (Wildman–Crippen LogP) is 3.51. The van der Waals surface area contributed by atoms with Crippen molar-refractivity contribution in [3.8, 4) is 0 Å². The summed E-state index contributed by atoms with van der Waals surface area (Å²) >= 11 is 11.5. The number of anilines is 1. The number of hydrogen-bond acceptors (Lipinski definition) is 1. The van der Waals surface area contributed by atoms with E-state index >= 15 is 0 Å². The molecular weight excluding hydrogens is 221 g/mol. The van der Waals surface area contributed by atoms with Crippen molar-refractivity contribution in [3.05, 3.63) is 40.4 Å². The van der Waals surface area contributed by atoms with Crippen molar-refractivity contribution in [2.45, 2.75) is 6.92 Å². The Morgan fingerprint density at radius 1 is 1.29 bits per heavy atom. The van der Waals surface area contributed by atoms with Gasteiger partial charge in [-0.2, -0.15) is 0 Å². The zero-order chi connectivity index (χ0) is 10.7. The summed E-state index contributed by atoms with van der Waals surface area (Å²) in [5.74, 6) is -0.247. The van der Waals surface area contributed by atoms with Crippen molar-refractivity contribution in [1.29, 1.82) is 0 Å². The number of amides is 1. The van der Waals surface area contributed by atoms with Crippen molar-refractivity contribution in [1.82, 2.24) is 0 Å². The highest BCUT2D eigenvalue weighted by Gasteiger charge is 2.03. The van der Waals surface area contributed by atoms with Crippen molar-refractivity contribution in [2.24, 2.45) is 0 Å². The van der Waals surface area contributed by atoms with Crippen LogP contribution in [0.15, 0.2) is 30.4 Å². The Hall–Kier alpha value is -0.990. The molecule has 0 aromatic heterocycles. The first kappa shape index (κ1) is 11.1. The summed E-state index contributed by atoms with van der Waals surface area (Å²) in [4.78, 5) is 11.2. The lowest BCUT2D eigenvalue weighted by Gasteiger charge is -2.05. The summed E-state index contributed by atoms with van der Waals surface area (Å²) in [5.41, 5.74) is 0.997. The van der Waals surface area contributed by atoms with Gasteiger partial charge in [0, 0.05) is 21.3 Å². The van der Waals surface area contributed by atoms with E-state index in [2.05, 4.69) is 11.9 Å². The molecule has 1 aromatic rings. The number of carbonyl (C=O) groups is 1. The Kier molecular flexibility index (Phi) is 3.55. The largest absolute Gasteiger partial charge is 0.322 e. The molecule has 0 spiro atoms. The molecule has 0 aliphatic heterocycles. The van der Waals surface area contributed by atoms with E-state index in [4.69, 9.17) is 23.2 Å². The van der Waals surface area contributed by atoms with Gasteiger partial charge in [0.05, 0.1) is 0 Å². The van der Waals surface area contributed by atoms with Crippen LogP contribution in [0.5, 0.6) is 0 Å². The fraction of sp³-hybridized carbons (Fsp3) is 0.100. The molecule has 0 saturated heterocycles. The van der Waals surface area contributed by atoms with E-state index in [1.807, 2.05) is 0 Å². The highest BCUT2D eigenvalue weighted by molar-refractivity contribution is 6.35. The van der Waals surface area contributed by atoms with Crippen LogP contribution in [0.1, 0.15) is 6.92 Å². The smallest absolute Gasteiger partial charge is 0.250 e. The maximum absolute atomic E-state index is 11.2. The molecule has 0 radical (unpaired) electrons. The molecule has 0 aliphatic carbocycles. The molecule has 0 atom stereocenters. The summed E-state index contributed by atoms with van der Waals surface area (Å²) < 4.78 is 0. The zero-order valence-electron chi connectivity index (χ0n) is 7.60. The summed E-state index contributed by atoms with van der Waals surface area (Å²) in [6, 6.07) is 4.84. The van der Waals surface area contributed by atoms with Crippen LogP contribution < -0.4 is 5.32 Å². The average Bonchev–Trinajstić information content (AvgIpc) is 2.01. The van der Waals surface area contributed by atoms with Crippen LogP contribution in [0.2, 0.25) is 10.0 Å². The summed E-state index contributed by atoms with van der Waals surface area (Å²) in [5, 5.41) is 3.58. The van der Waals surface area contributed by atoms with Gasteiger partial charge in [0.15, 0.2) is 0 Å². The fourth-order valence-electron chi connectivity index (χ4n) is 0.864. The van der Waals surface area contributed by atoms with Crippen LogP contribution in [0, 0.1) is 0 Å². The second kappa shape index (κ2) is 4.49. The van der Waals surface area contributed by atoms with Gasteiger partial charge in [0.1, 0.15) is 0 Å². The predicted molar refractivity (Wildman–Crippen MR) is 59.9 cm³/mol. The third-order valence-corrected chi connectivity index (χ3v) is 1.94. The fourth-order valence-corrected chi connectivity index (χ4v) is 1.39. The number of hydrogen-bond donors (Lipinski definition) is 1. The minimum atomic E-state index is -0.247. The van der Waals surface area contributed by atoms with Gasteiger partial charge >= 0.3 is 0 Å². The molecule has 1 amide bonds. The number of benzene rings is 1. The molecule has 0 heterocycles. The lowest BCUT2D eigenvalue weighted by Crippen LogP contribution is -2.11. The number of rotatable bonds is 2. The van der Waals surface area contributed by atoms with Gasteiger partial charge in [0.25, 0.3) is 5.91 Å². The third kappa shape index (κ3) is 3.05. The number of nitrogens with one attached hydrogen (secondary N) is 1. The topological polar surface area (TPSA) is 29.1 Å². The highest BCUT2D eigenvalue weighted by Crippen LogP contribution is 2.22. The van der Waals surface area contributed by atoms with E-state index in [0.29, 0.717) is 21.3 Å². The van der Waals surface area contributed by atoms with Crippen LogP contribution in [0.25, 0.3) is 0 Å². The van der Waals surface area contributed by atoms with E-state index in [1.54, 1.807) is 25.1 Å². The Labute approximate surface area is 92.5 Å². The minimum Gasteiger partial charge on any atom is -0.322 e. The Morgan fingerprint density at radius 3 is 2.21 bits per heavy atom. The van der Waals surface area contributed by atoms with Gasteiger partial charge in [-0.25, -0.2) is 0 Å². The van der Waals surface area contributed by atoms with E-state index < -0.39 is 0 Å². The summed E-state index contributed by atoms with van der Waals surface area (Å²) in [6.45, 7) is 5.14. The average molecular weight is 230 g/mol. The lowest BCUT2D eigenvalue weighted by molar-refractivity contribution is -0.112. The molecule has 1 aromatic carbocycles. The molecule has 4 heteroatoms. The van der Waals surface area contributed by atoms with Gasteiger partial charge in [-0.15, -0.1) is 0 Å². The van der Waals surface area contributed by atoms with Crippen LogP contribution in [-0.2, 0) is 4.79 Å². The van der Waals surface area contributed by atoms with Crippen LogP contribution in [0.4, 0.5) is 5.69 Å². The molecule has 14 heavy (non-hydrogen) atoms. The Bertz CT molecular complexity index is 367. The van der Waals surface area contributed by atoms with Gasteiger partial charge < -0.3 is 5.32 Å². The van der Waals surface area contributed by atoms with E-state index in [-0.39, 0.29) is 5.91 Å². The normalized spacial score (nSPS) is 9.64. The van der Waals surface area contributed by atoms with Crippen molar-refractivity contribution < 1.29 is 4.79 Å². The zero-order valence-corrected chi connectivity index (χ0v) is 9.12. The molecular formula is C10H9Cl2NO.